The Hall–Kier alpha value is -0.840. The third-order valence-corrected chi connectivity index (χ3v) is 4.11. The minimum Gasteiger partial charge on any atom is -0.468 e. The standard InChI is InChI=1S/C16H29N3O/c1-4-7-17-11-16-15(6-10-20-16)13-19-9-5-8-18(3)12-14(19)2/h6,10,14,17H,4-5,7-9,11-13H2,1-3H3. The molecule has 0 amide bonds. The highest BCUT2D eigenvalue weighted by molar-refractivity contribution is 5.17. The summed E-state index contributed by atoms with van der Waals surface area (Å²) < 4.78 is 5.64. The Morgan fingerprint density at radius 3 is 3.05 bits per heavy atom. The molecule has 0 aliphatic carbocycles. The minimum absolute atomic E-state index is 0.605. The predicted molar refractivity (Wildman–Crippen MR) is 82.7 cm³/mol. The molecule has 4 nitrogen and oxygen atoms in total. The van der Waals surface area contributed by atoms with Crippen molar-refractivity contribution in [3.05, 3.63) is 23.7 Å². The van der Waals surface area contributed by atoms with E-state index in [-0.39, 0.29) is 0 Å². The van der Waals surface area contributed by atoms with E-state index in [1.807, 2.05) is 6.26 Å². The molecule has 1 aromatic heterocycles. The molecule has 1 fully saturated rings. The number of hydrogen-bond acceptors (Lipinski definition) is 4. The molecular formula is C16H29N3O. The average molecular weight is 279 g/mol. The van der Waals surface area contributed by atoms with Crippen LogP contribution in [-0.2, 0) is 13.1 Å². The molecule has 0 saturated carbocycles. The minimum atomic E-state index is 0.605. The van der Waals surface area contributed by atoms with Gasteiger partial charge in [0.25, 0.3) is 0 Å². The molecule has 114 valence electrons. The Bertz CT molecular complexity index is 391. The number of nitrogens with one attached hydrogen (secondary N) is 1. The zero-order valence-electron chi connectivity index (χ0n) is 13.2. The Labute approximate surface area is 123 Å². The number of furan rings is 1. The lowest BCUT2D eigenvalue weighted by atomic mass is 10.2. The van der Waals surface area contributed by atoms with Crippen molar-refractivity contribution in [2.45, 2.75) is 45.8 Å². The summed E-state index contributed by atoms with van der Waals surface area (Å²) in [7, 11) is 2.22. The van der Waals surface area contributed by atoms with Crippen LogP contribution in [0.3, 0.4) is 0 Å². The lowest BCUT2D eigenvalue weighted by Crippen LogP contribution is -2.37. The molecule has 1 saturated heterocycles. The van der Waals surface area contributed by atoms with Crippen molar-refractivity contribution in [3.8, 4) is 0 Å². The van der Waals surface area contributed by atoms with E-state index in [9.17, 15) is 0 Å². The third kappa shape index (κ3) is 4.33. The first kappa shape index (κ1) is 15.5. The van der Waals surface area contributed by atoms with Crippen LogP contribution in [0.25, 0.3) is 0 Å². The second-order valence-corrected chi connectivity index (χ2v) is 5.98. The molecule has 1 aromatic rings. The second-order valence-electron chi connectivity index (χ2n) is 5.98. The largest absolute Gasteiger partial charge is 0.468 e. The van der Waals surface area contributed by atoms with Crippen molar-refractivity contribution in [1.29, 1.82) is 0 Å². The molecule has 0 aromatic carbocycles. The molecule has 2 rings (SSSR count). The summed E-state index contributed by atoms with van der Waals surface area (Å²) in [5.74, 6) is 1.10. The summed E-state index contributed by atoms with van der Waals surface area (Å²) in [6.07, 6.45) is 4.24. The van der Waals surface area contributed by atoms with E-state index < -0.39 is 0 Å². The molecular weight excluding hydrogens is 250 g/mol. The first-order chi connectivity index (χ1) is 9.70. The topological polar surface area (TPSA) is 31.7 Å². The van der Waals surface area contributed by atoms with E-state index in [1.54, 1.807) is 0 Å². The van der Waals surface area contributed by atoms with Crippen molar-refractivity contribution >= 4 is 0 Å². The molecule has 4 heteroatoms. The molecule has 1 aliphatic rings. The van der Waals surface area contributed by atoms with Crippen LogP contribution in [-0.4, -0.2) is 49.1 Å². The fourth-order valence-corrected chi connectivity index (χ4v) is 2.92. The van der Waals surface area contributed by atoms with E-state index >= 15 is 0 Å². The molecule has 0 radical (unpaired) electrons. The van der Waals surface area contributed by atoms with Crippen LogP contribution in [0, 0.1) is 0 Å². The van der Waals surface area contributed by atoms with Gasteiger partial charge < -0.3 is 14.6 Å². The monoisotopic (exact) mass is 279 g/mol. The van der Waals surface area contributed by atoms with Crippen LogP contribution >= 0.6 is 0 Å². The molecule has 2 heterocycles. The van der Waals surface area contributed by atoms with E-state index in [4.69, 9.17) is 4.42 Å². The molecule has 20 heavy (non-hydrogen) atoms. The van der Waals surface area contributed by atoms with Gasteiger partial charge in [0.05, 0.1) is 12.8 Å². The molecule has 0 spiro atoms. The van der Waals surface area contributed by atoms with Crippen molar-refractivity contribution in [2.75, 3.05) is 33.2 Å². The maximum absolute atomic E-state index is 5.64. The van der Waals surface area contributed by atoms with Crippen LogP contribution in [0.5, 0.6) is 0 Å². The van der Waals surface area contributed by atoms with Crippen LogP contribution in [0.2, 0.25) is 0 Å². The third-order valence-electron chi connectivity index (χ3n) is 4.11. The fraction of sp³-hybridized carbons (Fsp3) is 0.750. The lowest BCUT2D eigenvalue weighted by molar-refractivity contribution is 0.193. The number of hydrogen-bond donors (Lipinski definition) is 1. The van der Waals surface area contributed by atoms with Gasteiger partial charge in [-0.25, -0.2) is 0 Å². The summed E-state index contributed by atoms with van der Waals surface area (Å²) in [5.41, 5.74) is 1.34. The van der Waals surface area contributed by atoms with Gasteiger partial charge in [-0.05, 0) is 46.0 Å². The normalized spacial score (nSPS) is 22.1. The van der Waals surface area contributed by atoms with Crippen LogP contribution in [0.15, 0.2) is 16.7 Å². The summed E-state index contributed by atoms with van der Waals surface area (Å²) >= 11 is 0. The molecule has 1 unspecified atom stereocenters. The van der Waals surface area contributed by atoms with Gasteiger partial charge in [0.2, 0.25) is 0 Å². The van der Waals surface area contributed by atoms with Gasteiger partial charge in [-0.1, -0.05) is 6.92 Å². The van der Waals surface area contributed by atoms with Gasteiger partial charge in [-0.15, -0.1) is 0 Å². The zero-order valence-corrected chi connectivity index (χ0v) is 13.2. The summed E-state index contributed by atoms with van der Waals surface area (Å²) in [4.78, 5) is 5.02. The van der Waals surface area contributed by atoms with Crippen LogP contribution < -0.4 is 5.32 Å². The summed E-state index contributed by atoms with van der Waals surface area (Å²) in [5, 5.41) is 3.43. The Kier molecular flexibility index (Phi) is 6.07. The van der Waals surface area contributed by atoms with Crippen molar-refractivity contribution in [1.82, 2.24) is 15.1 Å². The average Bonchev–Trinajstić information content (AvgIpc) is 2.78. The smallest absolute Gasteiger partial charge is 0.122 e. The van der Waals surface area contributed by atoms with Crippen molar-refractivity contribution < 1.29 is 4.42 Å². The Morgan fingerprint density at radius 1 is 1.40 bits per heavy atom. The van der Waals surface area contributed by atoms with Gasteiger partial charge in [-0.2, -0.15) is 0 Å². The van der Waals surface area contributed by atoms with E-state index in [0.717, 1.165) is 38.4 Å². The molecule has 1 aliphatic heterocycles. The Morgan fingerprint density at radius 2 is 2.25 bits per heavy atom. The van der Waals surface area contributed by atoms with Crippen molar-refractivity contribution in [3.63, 3.8) is 0 Å². The predicted octanol–water partition coefficient (Wildman–Crippen LogP) is 2.31. The van der Waals surface area contributed by atoms with Crippen LogP contribution in [0.4, 0.5) is 0 Å². The quantitative estimate of drug-likeness (QED) is 0.810. The van der Waals surface area contributed by atoms with E-state index in [0.29, 0.717) is 6.04 Å². The summed E-state index contributed by atoms with van der Waals surface area (Å²) in [6, 6.07) is 2.73. The SMILES string of the molecule is CCCNCc1occc1CN1CCCN(C)CC1C. The fourth-order valence-electron chi connectivity index (χ4n) is 2.92. The second kappa shape index (κ2) is 7.81. The molecule has 1 atom stereocenters. The van der Waals surface area contributed by atoms with Gasteiger partial charge in [0, 0.05) is 31.2 Å². The number of rotatable bonds is 6. The van der Waals surface area contributed by atoms with E-state index in [1.165, 1.54) is 25.1 Å². The molecule has 0 bridgehead atoms. The van der Waals surface area contributed by atoms with E-state index in [2.05, 4.69) is 42.1 Å². The van der Waals surface area contributed by atoms with Crippen LogP contribution in [0.1, 0.15) is 38.0 Å². The number of nitrogens with zero attached hydrogens (tertiary/aromatic N) is 2. The maximum atomic E-state index is 5.64. The highest BCUT2D eigenvalue weighted by atomic mass is 16.3. The van der Waals surface area contributed by atoms with Gasteiger partial charge >= 0.3 is 0 Å². The first-order valence-corrected chi connectivity index (χ1v) is 7.89. The highest BCUT2D eigenvalue weighted by Crippen LogP contribution is 2.17. The van der Waals surface area contributed by atoms with Gasteiger partial charge in [0.1, 0.15) is 5.76 Å². The maximum Gasteiger partial charge on any atom is 0.122 e. The van der Waals surface area contributed by atoms with Gasteiger partial charge in [-0.3, -0.25) is 4.90 Å². The van der Waals surface area contributed by atoms with Gasteiger partial charge in [0.15, 0.2) is 0 Å². The summed E-state index contributed by atoms with van der Waals surface area (Å²) in [6.45, 7) is 11.0. The lowest BCUT2D eigenvalue weighted by Gasteiger charge is -2.27. The first-order valence-electron chi connectivity index (χ1n) is 7.89. The molecule has 1 N–H and O–H groups in total. The Balaban J connectivity index is 1.93. The zero-order chi connectivity index (χ0) is 14.4. The van der Waals surface area contributed by atoms with Crippen molar-refractivity contribution in [2.24, 2.45) is 0 Å². The highest BCUT2D eigenvalue weighted by Gasteiger charge is 2.21. The number of likely N-dealkylation sites (N-methyl/N-ethyl adjacent to an activating group) is 1.